The van der Waals surface area contributed by atoms with Crippen LogP contribution in [0.4, 0.5) is 0 Å². The highest BCUT2D eigenvalue weighted by Crippen LogP contribution is 2.55. The van der Waals surface area contributed by atoms with Gasteiger partial charge in [0.1, 0.15) is 5.54 Å². The molecule has 5 aliphatic rings. The van der Waals surface area contributed by atoms with Gasteiger partial charge in [-0.3, -0.25) is 19.2 Å². The Kier molecular flexibility index (Phi) is 3.62. The molecule has 0 aromatic carbocycles. The zero-order valence-corrected chi connectivity index (χ0v) is 16.6. The molecule has 1 aromatic heterocycles. The van der Waals surface area contributed by atoms with Gasteiger partial charge in [-0.2, -0.15) is 9.46 Å². The van der Waals surface area contributed by atoms with E-state index < -0.39 is 15.6 Å². The van der Waals surface area contributed by atoms with E-state index >= 15 is 0 Å². The van der Waals surface area contributed by atoms with Crippen molar-refractivity contribution in [2.75, 3.05) is 19.3 Å². The summed E-state index contributed by atoms with van der Waals surface area (Å²) >= 11 is 0. The van der Waals surface area contributed by atoms with E-state index in [9.17, 15) is 13.8 Å². The molecule has 4 fully saturated rings. The fourth-order valence-corrected chi connectivity index (χ4v) is 6.63. The summed E-state index contributed by atoms with van der Waals surface area (Å²) in [5.41, 5.74) is 0.446. The molecule has 2 saturated heterocycles. The average Bonchev–Trinajstić information content (AvgIpc) is 3.06. The van der Waals surface area contributed by atoms with E-state index in [1.54, 1.807) is 10.9 Å². The van der Waals surface area contributed by atoms with Crippen LogP contribution in [-0.4, -0.2) is 66.5 Å². The lowest BCUT2D eigenvalue weighted by atomic mass is 9.72. The second kappa shape index (κ2) is 5.64. The van der Waals surface area contributed by atoms with Gasteiger partial charge < -0.3 is 4.90 Å². The van der Waals surface area contributed by atoms with Crippen LogP contribution in [-0.2, 0) is 32.4 Å². The third kappa shape index (κ3) is 2.58. The van der Waals surface area contributed by atoms with Gasteiger partial charge in [-0.1, -0.05) is 0 Å². The molecule has 1 unspecified atom stereocenters. The summed E-state index contributed by atoms with van der Waals surface area (Å²) in [5.74, 6) is 0.424. The first-order valence-electron chi connectivity index (χ1n) is 9.64. The smallest absolute Gasteiger partial charge is 0.250 e. The van der Waals surface area contributed by atoms with E-state index in [0.29, 0.717) is 36.5 Å². The SMILES string of the molecule is CC(=O)N=S(C)(=O)c1cnn2c1CN(C(=O)C13CC(CN1C1CC1)C3)CC2. The number of amides is 2. The van der Waals surface area contributed by atoms with Crippen molar-refractivity contribution < 1.29 is 13.8 Å². The Balaban J connectivity index is 1.43. The Hall–Kier alpha value is -1.74. The fraction of sp³-hybridized carbons (Fsp3) is 0.722. The number of nitrogens with zero attached hydrogens (tertiary/aromatic N) is 5. The Morgan fingerprint density at radius 3 is 2.70 bits per heavy atom. The highest BCUT2D eigenvalue weighted by molar-refractivity contribution is 7.93. The maximum absolute atomic E-state index is 13.5. The van der Waals surface area contributed by atoms with Crippen LogP contribution in [0.5, 0.6) is 0 Å². The second-order valence-electron chi connectivity index (χ2n) is 8.51. The van der Waals surface area contributed by atoms with Gasteiger partial charge in [-0.25, -0.2) is 4.21 Å². The van der Waals surface area contributed by atoms with Gasteiger partial charge in [-0.05, 0) is 31.6 Å². The Bertz CT molecular complexity index is 950. The van der Waals surface area contributed by atoms with Gasteiger partial charge in [0.25, 0.3) is 5.91 Å². The summed E-state index contributed by atoms with van der Waals surface area (Å²) in [7, 11) is -2.85. The number of rotatable bonds is 3. The topological polar surface area (TPSA) is 87.9 Å². The number of hydrogen-bond acceptors (Lipinski definition) is 5. The minimum absolute atomic E-state index is 0.215. The first-order chi connectivity index (χ1) is 12.8. The van der Waals surface area contributed by atoms with Gasteiger partial charge in [0, 0.05) is 32.3 Å². The fourth-order valence-electron chi connectivity index (χ4n) is 5.19. The molecule has 1 aromatic rings. The standard InChI is InChI=1S/C18H25N5O3S/c1-12(24)20-27(2,26)16-9-19-23-6-5-21(11-15(16)23)17(25)18-7-13(8-18)10-22(18)14-3-4-14/h9,13-14H,3-8,10-11H2,1-2H3. The molecule has 27 heavy (non-hydrogen) atoms. The van der Waals surface area contributed by atoms with Crippen molar-refractivity contribution >= 4 is 21.5 Å². The van der Waals surface area contributed by atoms with Crippen molar-refractivity contribution in [1.29, 1.82) is 0 Å². The normalized spacial score (nSPS) is 31.8. The van der Waals surface area contributed by atoms with Crippen molar-refractivity contribution in [3.8, 4) is 0 Å². The number of hydrogen-bond donors (Lipinski definition) is 0. The van der Waals surface area contributed by atoms with Crippen LogP contribution in [0.2, 0.25) is 0 Å². The number of carbonyl (C=O) groups excluding carboxylic acids is 2. The molecule has 2 bridgehead atoms. The molecule has 0 radical (unpaired) electrons. The lowest BCUT2D eigenvalue weighted by Crippen LogP contribution is -2.60. The van der Waals surface area contributed by atoms with Crippen molar-refractivity contribution in [3.05, 3.63) is 11.9 Å². The maximum atomic E-state index is 13.5. The lowest BCUT2D eigenvalue weighted by Gasteiger charge is -2.45. The molecule has 3 aliphatic heterocycles. The van der Waals surface area contributed by atoms with E-state index in [2.05, 4.69) is 14.4 Å². The largest absolute Gasteiger partial charge is 0.333 e. The monoisotopic (exact) mass is 391 g/mol. The van der Waals surface area contributed by atoms with Crippen LogP contribution in [0.25, 0.3) is 0 Å². The van der Waals surface area contributed by atoms with Crippen LogP contribution in [0.1, 0.15) is 38.3 Å². The van der Waals surface area contributed by atoms with Crippen LogP contribution >= 0.6 is 0 Å². The highest BCUT2D eigenvalue weighted by atomic mass is 32.2. The molecule has 146 valence electrons. The van der Waals surface area contributed by atoms with E-state index in [0.717, 1.165) is 25.1 Å². The molecular weight excluding hydrogens is 366 g/mol. The maximum Gasteiger partial charge on any atom is 0.250 e. The van der Waals surface area contributed by atoms with E-state index in [1.807, 2.05) is 4.90 Å². The average molecular weight is 391 g/mol. The lowest BCUT2D eigenvalue weighted by molar-refractivity contribution is -0.148. The number of aromatic nitrogens is 2. The third-order valence-electron chi connectivity index (χ3n) is 6.47. The summed E-state index contributed by atoms with van der Waals surface area (Å²) in [5, 5.41) is 4.32. The zero-order valence-electron chi connectivity index (χ0n) is 15.8. The zero-order chi connectivity index (χ0) is 19.0. The van der Waals surface area contributed by atoms with Gasteiger partial charge in [0.2, 0.25) is 5.91 Å². The van der Waals surface area contributed by atoms with Crippen molar-refractivity contribution in [3.63, 3.8) is 0 Å². The van der Waals surface area contributed by atoms with Crippen LogP contribution < -0.4 is 0 Å². The number of fused-ring (bicyclic) bond motifs is 2. The second-order valence-corrected chi connectivity index (χ2v) is 10.7. The number of carbonyl (C=O) groups is 2. The van der Waals surface area contributed by atoms with E-state index in [1.165, 1.54) is 26.0 Å². The van der Waals surface area contributed by atoms with Gasteiger partial charge in [-0.15, -0.1) is 0 Å². The van der Waals surface area contributed by atoms with Crippen LogP contribution in [0.3, 0.4) is 0 Å². The van der Waals surface area contributed by atoms with Crippen LogP contribution in [0, 0.1) is 5.92 Å². The summed E-state index contributed by atoms with van der Waals surface area (Å²) in [6.07, 6.45) is 7.40. The summed E-state index contributed by atoms with van der Waals surface area (Å²) in [6, 6.07) is 0.594. The molecule has 6 rings (SSSR count). The molecular formula is C18H25N5O3S. The van der Waals surface area contributed by atoms with Gasteiger partial charge in [0.05, 0.1) is 39.6 Å². The predicted octanol–water partition coefficient (Wildman–Crippen LogP) is 0.855. The van der Waals surface area contributed by atoms with Gasteiger partial charge in [0.15, 0.2) is 0 Å². The first kappa shape index (κ1) is 17.4. The first-order valence-corrected chi connectivity index (χ1v) is 11.6. The summed E-state index contributed by atoms with van der Waals surface area (Å²) in [6.45, 7) is 3.95. The summed E-state index contributed by atoms with van der Waals surface area (Å²) in [4.78, 5) is 29.7. The van der Waals surface area contributed by atoms with Crippen molar-refractivity contribution in [2.24, 2.45) is 10.3 Å². The molecule has 2 saturated carbocycles. The third-order valence-corrected chi connectivity index (χ3v) is 8.24. The molecule has 1 atom stereocenters. The van der Waals surface area contributed by atoms with Gasteiger partial charge >= 0.3 is 0 Å². The minimum Gasteiger partial charge on any atom is -0.333 e. The highest BCUT2D eigenvalue weighted by Gasteiger charge is 2.64. The molecule has 2 amide bonds. The van der Waals surface area contributed by atoms with Crippen LogP contribution in [0.15, 0.2) is 15.5 Å². The molecule has 8 nitrogen and oxygen atoms in total. The van der Waals surface area contributed by atoms with Crippen molar-refractivity contribution in [2.45, 2.75) is 62.2 Å². The van der Waals surface area contributed by atoms with Crippen molar-refractivity contribution in [1.82, 2.24) is 19.6 Å². The molecule has 2 aliphatic carbocycles. The Morgan fingerprint density at radius 1 is 1.30 bits per heavy atom. The minimum atomic E-state index is -2.85. The molecule has 4 heterocycles. The van der Waals surface area contributed by atoms with E-state index in [4.69, 9.17) is 0 Å². The Morgan fingerprint density at radius 2 is 2.04 bits per heavy atom. The molecule has 0 N–H and O–H groups in total. The van der Waals surface area contributed by atoms with E-state index in [-0.39, 0.29) is 11.4 Å². The quantitative estimate of drug-likeness (QED) is 0.762. The predicted molar refractivity (Wildman–Crippen MR) is 98.3 cm³/mol. The molecule has 9 heteroatoms. The Labute approximate surface area is 159 Å². The summed E-state index contributed by atoms with van der Waals surface area (Å²) < 4.78 is 18.5. The molecule has 0 spiro atoms.